The number of nitrogens with two attached hydrogens (primary N) is 1. The van der Waals surface area contributed by atoms with Gasteiger partial charge < -0.3 is 11.1 Å². The minimum Gasteiger partial charge on any atom is -0.330 e. The van der Waals surface area contributed by atoms with Gasteiger partial charge in [-0.15, -0.1) is 0 Å². The van der Waals surface area contributed by atoms with E-state index in [-0.39, 0.29) is 17.7 Å². The number of hydrogen-bond donors (Lipinski definition) is 2. The van der Waals surface area contributed by atoms with E-state index in [1.807, 2.05) is 39.8 Å². The molecular formula is C14H21ClN2O. The van der Waals surface area contributed by atoms with Gasteiger partial charge in [0.2, 0.25) is 5.91 Å². The highest BCUT2D eigenvalue weighted by atomic mass is 35.5. The van der Waals surface area contributed by atoms with Crippen LogP contribution in [0.5, 0.6) is 0 Å². The van der Waals surface area contributed by atoms with E-state index >= 15 is 0 Å². The highest BCUT2D eigenvalue weighted by molar-refractivity contribution is 6.34. The van der Waals surface area contributed by atoms with Crippen molar-refractivity contribution in [2.24, 2.45) is 17.6 Å². The Kier molecular flexibility index (Phi) is 5.17. The summed E-state index contributed by atoms with van der Waals surface area (Å²) < 4.78 is 0. The van der Waals surface area contributed by atoms with E-state index in [1.54, 1.807) is 0 Å². The molecule has 1 aromatic carbocycles. The van der Waals surface area contributed by atoms with E-state index in [4.69, 9.17) is 17.3 Å². The van der Waals surface area contributed by atoms with Crippen LogP contribution >= 0.6 is 11.6 Å². The quantitative estimate of drug-likeness (QED) is 0.882. The average molecular weight is 269 g/mol. The number of rotatable bonds is 4. The lowest BCUT2D eigenvalue weighted by molar-refractivity contribution is -0.120. The molecule has 1 atom stereocenters. The van der Waals surface area contributed by atoms with Gasteiger partial charge in [-0.05, 0) is 37.0 Å². The van der Waals surface area contributed by atoms with E-state index in [0.717, 1.165) is 11.1 Å². The standard InChI is InChI=1S/C14H21ClN2O/c1-8(2)11(7-16)14(18)17-13-10(4)5-9(3)6-12(13)15/h5-6,8,11H,7,16H2,1-4H3,(H,17,18). The highest BCUT2D eigenvalue weighted by Crippen LogP contribution is 2.28. The number of nitrogens with one attached hydrogen (secondary N) is 1. The molecule has 3 N–H and O–H groups in total. The Morgan fingerprint density at radius 2 is 2.00 bits per heavy atom. The van der Waals surface area contributed by atoms with Gasteiger partial charge in [0, 0.05) is 6.54 Å². The number of amides is 1. The predicted octanol–water partition coefficient (Wildman–Crippen LogP) is 3.13. The third-order valence-electron chi connectivity index (χ3n) is 3.08. The lowest BCUT2D eigenvalue weighted by Crippen LogP contribution is -2.33. The molecule has 0 aliphatic carbocycles. The molecule has 0 bridgehead atoms. The van der Waals surface area contributed by atoms with Crippen molar-refractivity contribution in [2.75, 3.05) is 11.9 Å². The zero-order valence-electron chi connectivity index (χ0n) is 11.4. The summed E-state index contributed by atoms with van der Waals surface area (Å²) in [5.41, 5.74) is 8.37. The first-order valence-electron chi connectivity index (χ1n) is 6.14. The molecule has 100 valence electrons. The van der Waals surface area contributed by atoms with Crippen LogP contribution in [0.1, 0.15) is 25.0 Å². The Bertz CT molecular complexity index is 420. The average Bonchev–Trinajstić information content (AvgIpc) is 2.23. The number of halogens is 1. The second kappa shape index (κ2) is 6.21. The molecule has 1 unspecified atom stereocenters. The summed E-state index contributed by atoms with van der Waals surface area (Å²) in [5, 5.41) is 3.46. The molecule has 0 aliphatic heterocycles. The van der Waals surface area contributed by atoms with Crippen LogP contribution < -0.4 is 11.1 Å². The van der Waals surface area contributed by atoms with E-state index in [2.05, 4.69) is 5.32 Å². The van der Waals surface area contributed by atoms with Crippen molar-refractivity contribution >= 4 is 23.2 Å². The first-order chi connectivity index (χ1) is 8.36. The van der Waals surface area contributed by atoms with Gasteiger partial charge in [-0.3, -0.25) is 4.79 Å². The lowest BCUT2D eigenvalue weighted by atomic mass is 9.95. The molecule has 1 aromatic rings. The summed E-state index contributed by atoms with van der Waals surface area (Å²) in [5.74, 6) is -0.0531. The molecule has 4 heteroatoms. The zero-order chi connectivity index (χ0) is 13.9. The molecule has 0 saturated carbocycles. The SMILES string of the molecule is Cc1cc(C)c(NC(=O)C(CN)C(C)C)c(Cl)c1. The van der Waals surface area contributed by atoms with Crippen LogP contribution in [-0.4, -0.2) is 12.5 Å². The van der Waals surface area contributed by atoms with Gasteiger partial charge in [-0.1, -0.05) is 31.5 Å². The number of benzene rings is 1. The van der Waals surface area contributed by atoms with Crippen LogP contribution in [0.4, 0.5) is 5.69 Å². The maximum absolute atomic E-state index is 12.1. The van der Waals surface area contributed by atoms with E-state index < -0.39 is 0 Å². The molecule has 0 heterocycles. The van der Waals surface area contributed by atoms with Crippen molar-refractivity contribution in [3.63, 3.8) is 0 Å². The van der Waals surface area contributed by atoms with Crippen LogP contribution in [-0.2, 0) is 4.79 Å². The van der Waals surface area contributed by atoms with Gasteiger partial charge in [0.15, 0.2) is 0 Å². The number of carbonyl (C=O) groups is 1. The summed E-state index contributed by atoms with van der Waals surface area (Å²) >= 11 is 6.16. The Morgan fingerprint density at radius 1 is 1.39 bits per heavy atom. The van der Waals surface area contributed by atoms with Crippen LogP contribution in [0.25, 0.3) is 0 Å². The largest absolute Gasteiger partial charge is 0.330 e. The molecule has 1 rings (SSSR count). The van der Waals surface area contributed by atoms with Gasteiger partial charge in [-0.25, -0.2) is 0 Å². The van der Waals surface area contributed by atoms with Crippen LogP contribution in [0.2, 0.25) is 5.02 Å². The fourth-order valence-electron chi connectivity index (χ4n) is 1.97. The van der Waals surface area contributed by atoms with Gasteiger partial charge in [0.05, 0.1) is 16.6 Å². The second-order valence-corrected chi connectivity index (χ2v) is 5.42. The molecular weight excluding hydrogens is 248 g/mol. The third kappa shape index (κ3) is 3.47. The minimum absolute atomic E-state index is 0.0682. The fraction of sp³-hybridized carbons (Fsp3) is 0.500. The first-order valence-corrected chi connectivity index (χ1v) is 6.52. The summed E-state index contributed by atoms with van der Waals surface area (Å²) in [4.78, 5) is 12.1. The van der Waals surface area contributed by atoms with Crippen LogP contribution in [0.15, 0.2) is 12.1 Å². The Hall–Kier alpha value is -1.06. The maximum atomic E-state index is 12.1. The number of carbonyl (C=O) groups excluding carboxylic acids is 1. The van der Waals surface area contributed by atoms with E-state index in [1.165, 1.54) is 0 Å². The number of anilines is 1. The van der Waals surface area contributed by atoms with Gasteiger partial charge in [0.1, 0.15) is 0 Å². The molecule has 0 radical (unpaired) electrons. The van der Waals surface area contributed by atoms with Crippen molar-refractivity contribution in [3.05, 3.63) is 28.3 Å². The molecule has 0 aliphatic rings. The third-order valence-corrected chi connectivity index (χ3v) is 3.37. The van der Waals surface area contributed by atoms with Crippen molar-refractivity contribution in [3.8, 4) is 0 Å². The topological polar surface area (TPSA) is 55.1 Å². The molecule has 1 amide bonds. The Labute approximate surface area is 114 Å². The molecule has 3 nitrogen and oxygen atoms in total. The van der Waals surface area contributed by atoms with Crippen molar-refractivity contribution in [1.82, 2.24) is 0 Å². The zero-order valence-corrected chi connectivity index (χ0v) is 12.1. The highest BCUT2D eigenvalue weighted by Gasteiger charge is 2.21. The molecule has 0 spiro atoms. The molecule has 0 aromatic heterocycles. The van der Waals surface area contributed by atoms with Crippen molar-refractivity contribution in [1.29, 1.82) is 0 Å². The second-order valence-electron chi connectivity index (χ2n) is 5.01. The number of hydrogen-bond acceptors (Lipinski definition) is 2. The van der Waals surface area contributed by atoms with E-state index in [9.17, 15) is 4.79 Å². The predicted molar refractivity (Wildman–Crippen MR) is 76.9 cm³/mol. The number of aryl methyl sites for hydroxylation is 2. The van der Waals surface area contributed by atoms with Gasteiger partial charge in [0.25, 0.3) is 0 Å². The summed E-state index contributed by atoms with van der Waals surface area (Å²) in [6.07, 6.45) is 0. The monoisotopic (exact) mass is 268 g/mol. The van der Waals surface area contributed by atoms with Crippen LogP contribution in [0.3, 0.4) is 0 Å². The van der Waals surface area contributed by atoms with Gasteiger partial charge >= 0.3 is 0 Å². The Morgan fingerprint density at radius 3 is 2.44 bits per heavy atom. The van der Waals surface area contributed by atoms with Crippen molar-refractivity contribution < 1.29 is 4.79 Å². The lowest BCUT2D eigenvalue weighted by Gasteiger charge is -2.20. The normalized spacial score (nSPS) is 12.6. The first kappa shape index (κ1) is 15.0. The smallest absolute Gasteiger partial charge is 0.229 e. The maximum Gasteiger partial charge on any atom is 0.229 e. The summed E-state index contributed by atoms with van der Waals surface area (Å²) in [6, 6.07) is 3.84. The molecule has 18 heavy (non-hydrogen) atoms. The minimum atomic E-state index is -0.193. The Balaban J connectivity index is 2.95. The summed E-state index contributed by atoms with van der Waals surface area (Å²) in [7, 11) is 0. The van der Waals surface area contributed by atoms with Crippen LogP contribution in [0, 0.1) is 25.7 Å². The van der Waals surface area contributed by atoms with Gasteiger partial charge in [-0.2, -0.15) is 0 Å². The van der Waals surface area contributed by atoms with Crippen molar-refractivity contribution in [2.45, 2.75) is 27.7 Å². The molecule has 0 fully saturated rings. The van der Waals surface area contributed by atoms with E-state index in [0.29, 0.717) is 17.3 Å². The fourth-order valence-corrected chi connectivity index (χ4v) is 2.34. The molecule has 0 saturated heterocycles. The summed E-state index contributed by atoms with van der Waals surface area (Å²) in [6.45, 7) is 8.22.